The molecule has 1 aromatic carbocycles. The molecule has 0 aliphatic heterocycles. The molecule has 1 rings (SSSR count). The van der Waals surface area contributed by atoms with Gasteiger partial charge in [-0.2, -0.15) is 0 Å². The highest BCUT2D eigenvalue weighted by Crippen LogP contribution is 2.26. The molecule has 78 valence electrons. The van der Waals surface area contributed by atoms with Crippen LogP contribution in [-0.4, -0.2) is 18.3 Å². The van der Waals surface area contributed by atoms with Crippen molar-refractivity contribution in [3.63, 3.8) is 0 Å². The van der Waals surface area contributed by atoms with Gasteiger partial charge in [0.1, 0.15) is 5.75 Å². The molecule has 14 heavy (non-hydrogen) atoms. The number of aliphatic hydroxyl groups excluding tert-OH is 1. The molecule has 0 saturated carbocycles. The summed E-state index contributed by atoms with van der Waals surface area (Å²) in [7, 11) is 1.62. The van der Waals surface area contributed by atoms with Crippen LogP contribution in [-0.2, 0) is 0 Å². The highest BCUT2D eigenvalue weighted by molar-refractivity contribution is 5.40. The van der Waals surface area contributed by atoms with E-state index in [1.165, 1.54) is 0 Å². The maximum Gasteiger partial charge on any atom is 0.122 e. The van der Waals surface area contributed by atoms with Gasteiger partial charge in [-0.1, -0.05) is 12.1 Å². The molecule has 0 aliphatic carbocycles. The molecule has 0 bridgehead atoms. The summed E-state index contributed by atoms with van der Waals surface area (Å²) < 4.78 is 5.16. The third-order valence-corrected chi connectivity index (χ3v) is 2.36. The van der Waals surface area contributed by atoms with Crippen LogP contribution < -0.4 is 10.5 Å². The summed E-state index contributed by atoms with van der Waals surface area (Å²) in [6.07, 6.45) is -0.634. The van der Waals surface area contributed by atoms with E-state index >= 15 is 0 Å². The van der Waals surface area contributed by atoms with Crippen LogP contribution >= 0.6 is 0 Å². The highest BCUT2D eigenvalue weighted by atomic mass is 16.5. The molecule has 1 aromatic rings. The van der Waals surface area contributed by atoms with Gasteiger partial charge < -0.3 is 15.6 Å². The van der Waals surface area contributed by atoms with Gasteiger partial charge in [0.2, 0.25) is 0 Å². The van der Waals surface area contributed by atoms with E-state index in [1.807, 2.05) is 25.1 Å². The third kappa shape index (κ3) is 2.05. The summed E-state index contributed by atoms with van der Waals surface area (Å²) in [5.74, 6) is 0.780. The lowest BCUT2D eigenvalue weighted by Gasteiger charge is -2.18. The van der Waals surface area contributed by atoms with Gasteiger partial charge in [0.25, 0.3) is 0 Å². The predicted molar refractivity (Wildman–Crippen MR) is 56.3 cm³/mol. The number of hydrogen-bond acceptors (Lipinski definition) is 3. The fourth-order valence-corrected chi connectivity index (χ4v) is 1.46. The van der Waals surface area contributed by atoms with Crippen molar-refractivity contribution < 1.29 is 9.84 Å². The molecule has 0 heterocycles. The van der Waals surface area contributed by atoms with Crippen molar-refractivity contribution in [2.24, 2.45) is 5.73 Å². The Morgan fingerprint density at radius 2 is 2.07 bits per heavy atom. The number of rotatable bonds is 3. The molecule has 3 nitrogen and oxygen atoms in total. The molecule has 0 spiro atoms. The van der Waals surface area contributed by atoms with Crippen LogP contribution in [0.25, 0.3) is 0 Å². The molecule has 0 aromatic heterocycles. The van der Waals surface area contributed by atoms with Gasteiger partial charge in [-0.15, -0.1) is 0 Å². The predicted octanol–water partition coefficient (Wildman–Crippen LogP) is 1.38. The van der Waals surface area contributed by atoms with Gasteiger partial charge >= 0.3 is 0 Å². The van der Waals surface area contributed by atoms with E-state index < -0.39 is 6.10 Å². The summed E-state index contributed by atoms with van der Waals surface area (Å²) in [6, 6.07) is 5.31. The number of aliphatic hydroxyl groups is 1. The molecule has 0 amide bonds. The first-order valence-electron chi connectivity index (χ1n) is 4.65. The van der Waals surface area contributed by atoms with Gasteiger partial charge in [0.15, 0.2) is 0 Å². The number of nitrogens with two attached hydrogens (primary N) is 1. The molecule has 2 unspecified atom stereocenters. The minimum atomic E-state index is -0.634. The van der Waals surface area contributed by atoms with Crippen LogP contribution in [0.2, 0.25) is 0 Å². The lowest BCUT2D eigenvalue weighted by atomic mass is 9.98. The second-order valence-corrected chi connectivity index (χ2v) is 3.48. The molecule has 0 radical (unpaired) electrons. The summed E-state index contributed by atoms with van der Waals surface area (Å²) in [5, 5.41) is 9.82. The zero-order valence-electron chi connectivity index (χ0n) is 8.82. The monoisotopic (exact) mass is 195 g/mol. The summed E-state index contributed by atoms with van der Waals surface area (Å²) in [5.41, 5.74) is 7.41. The van der Waals surface area contributed by atoms with Crippen molar-refractivity contribution in [3.8, 4) is 5.75 Å². The minimum Gasteiger partial charge on any atom is -0.496 e. The molecule has 0 aliphatic rings. The Kier molecular flexibility index (Phi) is 3.49. The smallest absolute Gasteiger partial charge is 0.122 e. The van der Waals surface area contributed by atoms with E-state index in [0.29, 0.717) is 0 Å². The molecule has 3 N–H and O–H groups in total. The normalized spacial score (nSPS) is 14.9. The summed E-state index contributed by atoms with van der Waals surface area (Å²) in [6.45, 7) is 3.70. The number of methoxy groups -OCH3 is 1. The van der Waals surface area contributed by atoms with Crippen LogP contribution in [0.3, 0.4) is 0 Å². The van der Waals surface area contributed by atoms with E-state index in [2.05, 4.69) is 0 Å². The zero-order valence-corrected chi connectivity index (χ0v) is 8.82. The number of benzene rings is 1. The van der Waals surface area contributed by atoms with E-state index in [0.717, 1.165) is 16.9 Å². The second-order valence-electron chi connectivity index (χ2n) is 3.48. The SMILES string of the molecule is COc1cccc(C(O)C(C)N)c1C. The third-order valence-electron chi connectivity index (χ3n) is 2.36. The molecular weight excluding hydrogens is 178 g/mol. The average molecular weight is 195 g/mol. The second kappa shape index (κ2) is 4.44. The van der Waals surface area contributed by atoms with Gasteiger partial charge in [0.05, 0.1) is 13.2 Å². The number of ether oxygens (including phenoxy) is 1. The van der Waals surface area contributed by atoms with Crippen LogP contribution in [0.1, 0.15) is 24.2 Å². The van der Waals surface area contributed by atoms with Crippen LogP contribution in [0.4, 0.5) is 0 Å². The molecular formula is C11H17NO2. The molecule has 3 heteroatoms. The zero-order chi connectivity index (χ0) is 10.7. The largest absolute Gasteiger partial charge is 0.496 e. The van der Waals surface area contributed by atoms with Crippen LogP contribution in [0, 0.1) is 6.92 Å². The minimum absolute atomic E-state index is 0.277. The molecule has 0 fully saturated rings. The van der Waals surface area contributed by atoms with Crippen molar-refractivity contribution in [1.82, 2.24) is 0 Å². The van der Waals surface area contributed by atoms with E-state index in [9.17, 15) is 5.11 Å². The first kappa shape index (κ1) is 11.0. The van der Waals surface area contributed by atoms with Crippen molar-refractivity contribution in [3.05, 3.63) is 29.3 Å². The van der Waals surface area contributed by atoms with E-state index in [1.54, 1.807) is 14.0 Å². The first-order chi connectivity index (χ1) is 6.57. The van der Waals surface area contributed by atoms with Gasteiger partial charge in [-0.25, -0.2) is 0 Å². The highest BCUT2D eigenvalue weighted by Gasteiger charge is 2.16. The summed E-state index contributed by atoms with van der Waals surface area (Å²) >= 11 is 0. The Balaban J connectivity index is 3.09. The van der Waals surface area contributed by atoms with Crippen LogP contribution in [0.5, 0.6) is 5.75 Å². The number of hydrogen-bond donors (Lipinski definition) is 2. The van der Waals surface area contributed by atoms with E-state index in [4.69, 9.17) is 10.5 Å². The lowest BCUT2D eigenvalue weighted by Crippen LogP contribution is -2.25. The Morgan fingerprint density at radius 3 is 2.57 bits per heavy atom. The van der Waals surface area contributed by atoms with Crippen LogP contribution in [0.15, 0.2) is 18.2 Å². The Labute approximate surface area is 84.5 Å². The topological polar surface area (TPSA) is 55.5 Å². The quantitative estimate of drug-likeness (QED) is 0.766. The van der Waals surface area contributed by atoms with Gasteiger partial charge in [-0.05, 0) is 31.0 Å². The van der Waals surface area contributed by atoms with Crippen molar-refractivity contribution >= 4 is 0 Å². The van der Waals surface area contributed by atoms with E-state index in [-0.39, 0.29) is 6.04 Å². The maximum absolute atomic E-state index is 9.82. The maximum atomic E-state index is 9.82. The van der Waals surface area contributed by atoms with Gasteiger partial charge in [0, 0.05) is 6.04 Å². The fraction of sp³-hybridized carbons (Fsp3) is 0.455. The first-order valence-corrected chi connectivity index (χ1v) is 4.65. The Hall–Kier alpha value is -1.06. The van der Waals surface area contributed by atoms with Crippen molar-refractivity contribution in [2.45, 2.75) is 26.0 Å². The molecule has 0 saturated heterocycles. The average Bonchev–Trinajstić information content (AvgIpc) is 2.17. The van der Waals surface area contributed by atoms with Crippen molar-refractivity contribution in [2.75, 3.05) is 7.11 Å². The summed E-state index contributed by atoms with van der Waals surface area (Å²) in [4.78, 5) is 0. The van der Waals surface area contributed by atoms with Gasteiger partial charge in [-0.3, -0.25) is 0 Å². The lowest BCUT2D eigenvalue weighted by molar-refractivity contribution is 0.152. The Bertz CT molecular complexity index is 310. The standard InChI is InChI=1S/C11H17NO2/c1-7-9(11(13)8(2)12)5-4-6-10(7)14-3/h4-6,8,11,13H,12H2,1-3H3. The Morgan fingerprint density at radius 1 is 1.43 bits per heavy atom. The molecule has 2 atom stereocenters. The fourth-order valence-electron chi connectivity index (χ4n) is 1.46. The van der Waals surface area contributed by atoms with Crippen molar-refractivity contribution in [1.29, 1.82) is 0 Å².